The molecule has 4 rings (SSSR count). The third-order valence-electron chi connectivity index (χ3n) is 5.02. The number of likely N-dealkylation sites (N-methyl/N-ethyl adjacent to an activating group) is 1. The summed E-state index contributed by atoms with van der Waals surface area (Å²) in [4.78, 5) is 16.1. The van der Waals surface area contributed by atoms with Crippen LogP contribution < -0.4 is 0 Å². The van der Waals surface area contributed by atoms with Crippen molar-refractivity contribution in [3.05, 3.63) is 52.7 Å². The van der Waals surface area contributed by atoms with Gasteiger partial charge in [-0.15, -0.1) is 16.4 Å². The average Bonchev–Trinajstić information content (AvgIpc) is 3.48. The number of amides is 1. The van der Waals surface area contributed by atoms with Gasteiger partial charge in [0.25, 0.3) is 5.91 Å². The molecule has 1 aliphatic heterocycles. The summed E-state index contributed by atoms with van der Waals surface area (Å²) in [5, 5.41) is 13.9. The van der Waals surface area contributed by atoms with Crippen molar-refractivity contribution in [3.63, 3.8) is 0 Å². The fraction of sp³-hybridized carbons (Fsp3) is 0.300. The molecular weight excluding hydrogens is 422 g/mol. The van der Waals surface area contributed by atoms with E-state index in [4.69, 9.17) is 0 Å². The van der Waals surface area contributed by atoms with E-state index in [2.05, 4.69) is 15.5 Å². The Morgan fingerprint density at radius 2 is 2.07 bits per heavy atom. The lowest BCUT2D eigenvalue weighted by Gasteiger charge is -2.27. The number of hydrogen-bond acceptors (Lipinski definition) is 7. The van der Waals surface area contributed by atoms with Crippen LogP contribution in [0.15, 0.2) is 47.8 Å². The van der Waals surface area contributed by atoms with E-state index in [1.165, 1.54) is 16.0 Å². The van der Waals surface area contributed by atoms with E-state index < -0.39 is 9.84 Å². The summed E-state index contributed by atoms with van der Waals surface area (Å²) in [6.07, 6.45) is 2.19. The topological polar surface area (TPSA) is 98.1 Å². The van der Waals surface area contributed by atoms with Crippen LogP contribution in [-0.2, 0) is 14.6 Å². The lowest BCUT2D eigenvalue weighted by molar-refractivity contribution is -0.127. The third kappa shape index (κ3) is 4.19. The minimum atomic E-state index is -3.12. The number of carbonyl (C=O) groups is 1. The Morgan fingerprint density at radius 1 is 1.27 bits per heavy atom. The second-order valence-corrected chi connectivity index (χ2v) is 10.2. The first-order valence-electron chi connectivity index (χ1n) is 9.59. The maximum Gasteiger partial charge on any atom is 0.272 e. The fourth-order valence-corrected chi connectivity index (χ4v) is 5.96. The van der Waals surface area contributed by atoms with Crippen molar-refractivity contribution in [2.24, 2.45) is 0 Å². The predicted octanol–water partition coefficient (Wildman–Crippen LogP) is 2.44. The molecule has 1 aromatic carbocycles. The first-order chi connectivity index (χ1) is 14.5. The summed E-state index contributed by atoms with van der Waals surface area (Å²) < 4.78 is 25.4. The van der Waals surface area contributed by atoms with Crippen LogP contribution in [0.3, 0.4) is 0 Å². The first kappa shape index (κ1) is 20.4. The molecule has 0 saturated carbocycles. The molecule has 0 aliphatic carbocycles. The van der Waals surface area contributed by atoms with Gasteiger partial charge in [0, 0.05) is 23.0 Å². The van der Waals surface area contributed by atoms with E-state index >= 15 is 0 Å². The van der Waals surface area contributed by atoms with Gasteiger partial charge < -0.3 is 4.90 Å². The molecule has 30 heavy (non-hydrogen) atoms. The van der Waals surface area contributed by atoms with E-state index in [9.17, 15) is 13.2 Å². The van der Waals surface area contributed by atoms with Gasteiger partial charge in [-0.25, -0.2) is 8.42 Å². The third-order valence-corrected chi connectivity index (χ3v) is 7.59. The number of nitrogens with zero attached hydrogens (tertiary/aromatic N) is 5. The molecule has 1 aliphatic rings. The van der Waals surface area contributed by atoms with Gasteiger partial charge in [0.1, 0.15) is 5.70 Å². The van der Waals surface area contributed by atoms with Crippen LogP contribution in [0.25, 0.3) is 23.2 Å². The second kappa shape index (κ2) is 8.49. The highest BCUT2D eigenvalue weighted by molar-refractivity contribution is 7.91. The van der Waals surface area contributed by atoms with E-state index in [1.807, 2.05) is 54.8 Å². The largest absolute Gasteiger partial charge is 0.334 e. The molecule has 0 radical (unpaired) electrons. The Kier molecular flexibility index (Phi) is 5.78. The quantitative estimate of drug-likeness (QED) is 0.543. The number of carbonyl (C=O) groups excluding carboxylic acids is 1. The van der Waals surface area contributed by atoms with Gasteiger partial charge >= 0.3 is 0 Å². The molecule has 1 atom stereocenters. The highest BCUT2D eigenvalue weighted by Gasteiger charge is 2.36. The smallest absolute Gasteiger partial charge is 0.272 e. The maximum atomic E-state index is 13.6. The molecule has 1 unspecified atom stereocenters. The number of sulfone groups is 1. The van der Waals surface area contributed by atoms with Gasteiger partial charge in [0.05, 0.1) is 11.5 Å². The van der Waals surface area contributed by atoms with Crippen LogP contribution in [0.5, 0.6) is 0 Å². The number of hydrogen-bond donors (Lipinski definition) is 0. The van der Waals surface area contributed by atoms with Crippen LogP contribution >= 0.6 is 11.3 Å². The highest BCUT2D eigenvalue weighted by Crippen LogP contribution is 2.26. The van der Waals surface area contributed by atoms with Gasteiger partial charge in [0.15, 0.2) is 15.7 Å². The van der Waals surface area contributed by atoms with Crippen LogP contribution in [0.2, 0.25) is 0 Å². The van der Waals surface area contributed by atoms with Gasteiger partial charge in [0.2, 0.25) is 0 Å². The summed E-state index contributed by atoms with van der Waals surface area (Å²) in [5.74, 6) is 0.241. The maximum absolute atomic E-state index is 13.6. The van der Waals surface area contributed by atoms with Crippen molar-refractivity contribution in [2.45, 2.75) is 19.4 Å². The van der Waals surface area contributed by atoms with Crippen LogP contribution in [-0.4, -0.2) is 63.5 Å². The Labute approximate surface area is 178 Å². The van der Waals surface area contributed by atoms with Crippen molar-refractivity contribution in [1.29, 1.82) is 0 Å². The first-order valence-corrected chi connectivity index (χ1v) is 12.3. The normalized spacial score (nSPS) is 18.4. The van der Waals surface area contributed by atoms with E-state index in [0.717, 1.165) is 10.4 Å². The minimum Gasteiger partial charge on any atom is -0.334 e. The number of benzene rings is 1. The lowest BCUT2D eigenvalue weighted by Crippen LogP contribution is -2.42. The molecule has 1 amide bonds. The monoisotopic (exact) mass is 443 g/mol. The van der Waals surface area contributed by atoms with Crippen molar-refractivity contribution >= 4 is 38.9 Å². The zero-order chi connectivity index (χ0) is 21.1. The van der Waals surface area contributed by atoms with Crippen molar-refractivity contribution in [1.82, 2.24) is 25.1 Å². The van der Waals surface area contributed by atoms with Crippen LogP contribution in [0.1, 0.15) is 18.2 Å². The van der Waals surface area contributed by atoms with Gasteiger partial charge in [-0.2, -0.15) is 4.68 Å². The molecule has 1 saturated heterocycles. The molecule has 2 aromatic heterocycles. The Balaban J connectivity index is 1.77. The summed E-state index contributed by atoms with van der Waals surface area (Å²) in [7, 11) is -3.12. The number of thiophene rings is 1. The van der Waals surface area contributed by atoms with Gasteiger partial charge in [-0.3, -0.25) is 4.79 Å². The minimum absolute atomic E-state index is 0.0139. The number of rotatable bonds is 6. The molecule has 156 valence electrons. The lowest BCUT2D eigenvalue weighted by atomic mass is 10.2. The highest BCUT2D eigenvalue weighted by atomic mass is 32.2. The second-order valence-electron chi connectivity index (χ2n) is 6.97. The summed E-state index contributed by atoms with van der Waals surface area (Å²) in [5.41, 5.74) is 1.06. The zero-order valence-corrected chi connectivity index (χ0v) is 18.0. The molecule has 1 fully saturated rings. The number of aromatic nitrogens is 4. The average molecular weight is 444 g/mol. The molecule has 8 nitrogen and oxygen atoms in total. The zero-order valence-electron chi connectivity index (χ0n) is 16.4. The molecular formula is C20H21N5O3S2. The van der Waals surface area contributed by atoms with E-state index in [1.54, 1.807) is 11.0 Å². The molecule has 10 heteroatoms. The predicted molar refractivity (Wildman–Crippen MR) is 116 cm³/mol. The fourth-order valence-electron chi connectivity index (χ4n) is 3.57. The van der Waals surface area contributed by atoms with Crippen LogP contribution in [0.4, 0.5) is 0 Å². The summed E-state index contributed by atoms with van der Waals surface area (Å²) in [6.45, 7) is 2.24. The Hall–Kier alpha value is -2.85. The summed E-state index contributed by atoms with van der Waals surface area (Å²) in [6, 6.07) is 12.8. The van der Waals surface area contributed by atoms with Crippen LogP contribution in [0, 0.1) is 0 Å². The van der Waals surface area contributed by atoms with Crippen molar-refractivity contribution < 1.29 is 13.2 Å². The SMILES string of the molecule is CCN(C(=O)/C(=C\c1cccs1)n1nnnc1-c1ccccc1)C1CCS(=O)(=O)C1. The Morgan fingerprint density at radius 3 is 2.70 bits per heavy atom. The molecule has 0 spiro atoms. The summed E-state index contributed by atoms with van der Waals surface area (Å²) >= 11 is 1.49. The Bertz CT molecular complexity index is 1150. The molecule has 0 bridgehead atoms. The van der Waals surface area contributed by atoms with Crippen molar-refractivity contribution in [3.8, 4) is 11.4 Å². The van der Waals surface area contributed by atoms with Gasteiger partial charge in [-0.1, -0.05) is 36.4 Å². The van der Waals surface area contributed by atoms with Gasteiger partial charge in [-0.05, 0) is 41.3 Å². The molecule has 0 N–H and O–H groups in total. The molecule has 3 heterocycles. The van der Waals surface area contributed by atoms with Crippen molar-refractivity contribution in [2.75, 3.05) is 18.1 Å². The molecule has 3 aromatic rings. The van der Waals surface area contributed by atoms with E-state index in [-0.39, 0.29) is 29.2 Å². The number of tetrazole rings is 1. The standard InChI is InChI=1S/C20H21N5O3S2/c1-2-24(16-10-12-30(27,28)14-16)20(26)18(13-17-9-6-11-29-17)25-19(21-22-23-25)15-7-4-3-5-8-15/h3-9,11,13,16H,2,10,12,14H2,1H3/b18-13+. The van der Waals surface area contributed by atoms with E-state index in [0.29, 0.717) is 18.8 Å².